The first-order valence-electron chi connectivity index (χ1n) is 12.6. The number of anilines is 1. The summed E-state index contributed by atoms with van der Waals surface area (Å²) in [6.45, 7) is 3.30. The van der Waals surface area contributed by atoms with Gasteiger partial charge >= 0.3 is 12.6 Å². The monoisotopic (exact) mass is 598 g/mol. The van der Waals surface area contributed by atoms with E-state index < -0.39 is 43.3 Å². The Kier molecular flexibility index (Phi) is 9.54. The number of ether oxygens (including phenoxy) is 3. The molecule has 0 radical (unpaired) electrons. The summed E-state index contributed by atoms with van der Waals surface area (Å²) in [5, 5.41) is 13.6. The zero-order chi connectivity index (χ0) is 29.0. The maximum atomic E-state index is 15.4. The van der Waals surface area contributed by atoms with Crippen LogP contribution >= 0.6 is 6.64 Å². The number of carbonyl (C=O) groups is 1. The molecule has 218 valence electrons. The third kappa shape index (κ3) is 6.85. The number of hydrogen-bond acceptors (Lipinski definition) is 12. The Balaban J connectivity index is 1.52. The minimum absolute atomic E-state index is 0.0959. The first kappa shape index (κ1) is 30.0. The van der Waals surface area contributed by atoms with Crippen LogP contribution in [0.5, 0.6) is 11.6 Å². The van der Waals surface area contributed by atoms with E-state index in [0.29, 0.717) is 12.4 Å². The summed E-state index contributed by atoms with van der Waals surface area (Å²) in [5.74, 6) is -0.108. The summed E-state index contributed by atoms with van der Waals surface area (Å²) >= 11 is 5.68. The van der Waals surface area contributed by atoms with Gasteiger partial charge in [-0.2, -0.15) is 9.97 Å². The number of nitrogens with two attached hydrogens (primary N) is 1. The standard InChI is InChI=1S/C24H32FN6O7PS/c1-5-34-21-18-20(28-24(26)29-21)31(12-27-18)22-17(25)19(32)16(37-22)11-35-39(40,38-15-9-7-6-8-10-15)30-14(4)23(33)36-13(2)3/h6-10,12-14,16-17,19,22,32H,5,11H2,1-4H3,(H,30,40)(H2,26,28,29). The summed E-state index contributed by atoms with van der Waals surface area (Å²) < 4.78 is 45.1. The van der Waals surface area contributed by atoms with E-state index in [2.05, 4.69) is 20.0 Å². The van der Waals surface area contributed by atoms with Gasteiger partial charge in [0.25, 0.3) is 0 Å². The summed E-state index contributed by atoms with van der Waals surface area (Å²) in [6.07, 6.45) is -4.95. The number of nitrogen functional groups attached to an aromatic ring is 1. The summed E-state index contributed by atoms with van der Waals surface area (Å²) in [4.78, 5) is 24.8. The van der Waals surface area contributed by atoms with Crippen molar-refractivity contribution < 1.29 is 37.5 Å². The fraction of sp³-hybridized carbons (Fsp3) is 0.500. The Bertz CT molecular complexity index is 1370. The number of benzene rings is 1. The molecule has 40 heavy (non-hydrogen) atoms. The maximum Gasteiger partial charge on any atom is 0.323 e. The number of rotatable bonds is 12. The summed E-state index contributed by atoms with van der Waals surface area (Å²) in [7, 11) is 0. The molecule has 13 nitrogen and oxygen atoms in total. The van der Waals surface area contributed by atoms with E-state index in [-0.39, 0.29) is 35.7 Å². The molecule has 1 aliphatic heterocycles. The molecule has 0 aliphatic carbocycles. The number of aromatic nitrogens is 4. The number of nitrogens with one attached hydrogen (secondary N) is 1. The zero-order valence-electron chi connectivity index (χ0n) is 22.3. The highest BCUT2D eigenvalue weighted by Crippen LogP contribution is 2.46. The lowest BCUT2D eigenvalue weighted by atomic mass is 10.1. The molecule has 0 amide bonds. The number of para-hydroxylation sites is 1. The molecule has 0 bridgehead atoms. The van der Waals surface area contributed by atoms with Crippen LogP contribution in [-0.4, -0.2) is 74.3 Å². The molecular formula is C24H32FN6O7PS. The van der Waals surface area contributed by atoms with Gasteiger partial charge in [-0.1, -0.05) is 18.2 Å². The van der Waals surface area contributed by atoms with E-state index in [1.165, 1.54) is 10.9 Å². The van der Waals surface area contributed by atoms with Crippen LogP contribution in [0.4, 0.5) is 10.3 Å². The van der Waals surface area contributed by atoms with Gasteiger partial charge in [-0.05, 0) is 51.6 Å². The highest BCUT2D eigenvalue weighted by atomic mass is 32.5. The molecule has 4 rings (SSSR count). The Morgan fingerprint density at radius 1 is 1.30 bits per heavy atom. The van der Waals surface area contributed by atoms with Crippen LogP contribution in [-0.2, 0) is 30.6 Å². The van der Waals surface area contributed by atoms with Gasteiger partial charge < -0.3 is 34.1 Å². The van der Waals surface area contributed by atoms with Crippen molar-refractivity contribution in [3.05, 3.63) is 36.7 Å². The van der Waals surface area contributed by atoms with Gasteiger partial charge in [-0.15, -0.1) is 0 Å². The van der Waals surface area contributed by atoms with Crippen molar-refractivity contribution in [2.75, 3.05) is 18.9 Å². The molecule has 0 saturated carbocycles. The predicted octanol–water partition coefficient (Wildman–Crippen LogP) is 2.65. The van der Waals surface area contributed by atoms with Crippen LogP contribution in [0.1, 0.15) is 33.9 Å². The number of esters is 1. The smallest absolute Gasteiger partial charge is 0.323 e. The number of fused-ring (bicyclic) bond motifs is 1. The van der Waals surface area contributed by atoms with Crippen molar-refractivity contribution in [1.29, 1.82) is 0 Å². The Hall–Kier alpha value is -2.94. The molecule has 6 unspecified atom stereocenters. The SMILES string of the molecule is CCOc1nc(N)nc2c1ncn2C1OC(COP(=S)(NC(C)C(=O)OC(C)C)Oc2ccccc2)C(O)C1F. The van der Waals surface area contributed by atoms with E-state index in [9.17, 15) is 9.90 Å². The van der Waals surface area contributed by atoms with Gasteiger partial charge in [-0.25, -0.2) is 14.5 Å². The van der Waals surface area contributed by atoms with Crippen molar-refractivity contribution in [3.63, 3.8) is 0 Å². The molecule has 16 heteroatoms. The average molecular weight is 599 g/mol. The third-order valence-electron chi connectivity index (χ3n) is 5.69. The lowest BCUT2D eigenvalue weighted by Gasteiger charge is -2.28. The zero-order valence-corrected chi connectivity index (χ0v) is 24.0. The number of alkyl halides is 1. The van der Waals surface area contributed by atoms with Crippen molar-refractivity contribution in [2.45, 2.75) is 64.4 Å². The Morgan fingerprint density at radius 3 is 2.70 bits per heavy atom. The van der Waals surface area contributed by atoms with E-state index >= 15 is 4.39 Å². The van der Waals surface area contributed by atoms with Crippen LogP contribution in [0.2, 0.25) is 0 Å². The van der Waals surface area contributed by atoms with Gasteiger partial charge in [0.2, 0.25) is 11.8 Å². The second kappa shape index (κ2) is 12.7. The predicted molar refractivity (Wildman–Crippen MR) is 147 cm³/mol. The Labute approximate surface area is 235 Å². The van der Waals surface area contributed by atoms with Crippen molar-refractivity contribution >= 4 is 41.5 Å². The number of carbonyl (C=O) groups excluding carboxylic acids is 1. The molecule has 1 saturated heterocycles. The second-order valence-corrected chi connectivity index (χ2v) is 12.3. The number of aliphatic hydroxyl groups excluding tert-OH is 1. The number of halogens is 1. The van der Waals surface area contributed by atoms with E-state index in [1.807, 2.05) is 0 Å². The van der Waals surface area contributed by atoms with Crippen molar-refractivity contribution in [1.82, 2.24) is 24.6 Å². The molecule has 3 heterocycles. The van der Waals surface area contributed by atoms with Crippen molar-refractivity contribution in [3.8, 4) is 11.6 Å². The first-order chi connectivity index (χ1) is 19.0. The molecule has 2 aromatic heterocycles. The molecule has 0 spiro atoms. The fourth-order valence-corrected chi connectivity index (χ4v) is 6.32. The van der Waals surface area contributed by atoms with Gasteiger partial charge in [0.15, 0.2) is 23.6 Å². The number of hydrogen-bond donors (Lipinski definition) is 3. The minimum Gasteiger partial charge on any atom is -0.476 e. The van der Waals surface area contributed by atoms with E-state index in [4.69, 9.17) is 40.8 Å². The van der Waals surface area contributed by atoms with Crippen LogP contribution in [0.3, 0.4) is 0 Å². The van der Waals surface area contributed by atoms with Crippen LogP contribution in [0.15, 0.2) is 36.7 Å². The minimum atomic E-state index is -3.44. The molecule has 1 fully saturated rings. The topological polar surface area (TPSA) is 165 Å². The number of nitrogens with zero attached hydrogens (tertiary/aromatic N) is 4. The largest absolute Gasteiger partial charge is 0.476 e. The van der Waals surface area contributed by atoms with Gasteiger partial charge in [0, 0.05) is 0 Å². The lowest BCUT2D eigenvalue weighted by molar-refractivity contribution is -0.149. The second-order valence-electron chi connectivity index (χ2n) is 9.18. The maximum absolute atomic E-state index is 15.4. The average Bonchev–Trinajstić information content (AvgIpc) is 3.43. The van der Waals surface area contributed by atoms with Gasteiger partial charge in [-0.3, -0.25) is 9.36 Å². The molecule has 1 aromatic carbocycles. The molecular weight excluding hydrogens is 566 g/mol. The fourth-order valence-electron chi connectivity index (χ4n) is 3.90. The van der Waals surface area contributed by atoms with E-state index in [0.717, 1.165) is 0 Å². The molecule has 1 aliphatic rings. The first-order valence-corrected chi connectivity index (χ1v) is 15.2. The van der Waals surface area contributed by atoms with Crippen LogP contribution in [0, 0.1) is 0 Å². The molecule has 6 atom stereocenters. The molecule has 3 aromatic rings. The third-order valence-corrected chi connectivity index (χ3v) is 8.19. The highest BCUT2D eigenvalue weighted by Gasteiger charge is 2.47. The van der Waals surface area contributed by atoms with Gasteiger partial charge in [0.1, 0.15) is 24.0 Å². The lowest BCUT2D eigenvalue weighted by Crippen LogP contribution is -2.37. The summed E-state index contributed by atoms with van der Waals surface area (Å²) in [5.41, 5.74) is 6.25. The highest BCUT2D eigenvalue weighted by molar-refractivity contribution is 8.09. The van der Waals surface area contributed by atoms with Gasteiger partial charge in [0.05, 0.1) is 25.6 Å². The van der Waals surface area contributed by atoms with E-state index in [1.54, 1.807) is 58.0 Å². The van der Waals surface area contributed by atoms with Crippen LogP contribution in [0.25, 0.3) is 11.2 Å². The Morgan fingerprint density at radius 2 is 2.02 bits per heavy atom. The number of aliphatic hydroxyl groups is 1. The number of imidazole rings is 1. The van der Waals surface area contributed by atoms with Crippen LogP contribution < -0.4 is 20.1 Å². The van der Waals surface area contributed by atoms with Crippen molar-refractivity contribution in [2.24, 2.45) is 0 Å². The normalized spacial score (nSPS) is 23.2. The molecule has 4 N–H and O–H groups in total. The quantitative estimate of drug-likeness (QED) is 0.206. The summed E-state index contributed by atoms with van der Waals surface area (Å²) in [6, 6.07) is 7.76.